The van der Waals surface area contributed by atoms with Crippen LogP contribution in [0.1, 0.15) is 26.6 Å². The summed E-state index contributed by atoms with van der Waals surface area (Å²) in [5.41, 5.74) is 1.75. The minimum atomic E-state index is -0.560. The second kappa shape index (κ2) is 6.22. The Balaban J connectivity index is 1.91. The van der Waals surface area contributed by atoms with Crippen LogP contribution in [0.15, 0.2) is 22.7 Å². The van der Waals surface area contributed by atoms with Crippen molar-refractivity contribution in [3.05, 3.63) is 33.6 Å². The van der Waals surface area contributed by atoms with Crippen LogP contribution in [0.2, 0.25) is 5.15 Å². The molecule has 0 fully saturated rings. The van der Waals surface area contributed by atoms with Crippen molar-refractivity contribution >= 4 is 55.6 Å². The third kappa shape index (κ3) is 3.62. The minimum absolute atomic E-state index is 0.130. The van der Waals surface area contributed by atoms with Gasteiger partial charge in [0.15, 0.2) is 5.15 Å². The van der Waals surface area contributed by atoms with Gasteiger partial charge >= 0.3 is 6.09 Å². The Morgan fingerprint density at radius 2 is 2.12 bits per heavy atom. The van der Waals surface area contributed by atoms with E-state index in [1.165, 1.54) is 0 Å². The van der Waals surface area contributed by atoms with Crippen molar-refractivity contribution < 1.29 is 9.53 Å². The highest BCUT2D eigenvalue weighted by Crippen LogP contribution is 2.29. The van der Waals surface area contributed by atoms with Crippen LogP contribution >= 0.6 is 27.5 Å². The summed E-state index contributed by atoms with van der Waals surface area (Å²) in [6.45, 7) is 5.53. The molecule has 0 bridgehead atoms. The minimum Gasteiger partial charge on any atom is -0.444 e. The molecule has 0 atom stereocenters. The van der Waals surface area contributed by atoms with Crippen molar-refractivity contribution in [3.8, 4) is 0 Å². The third-order valence-electron chi connectivity index (χ3n) is 3.20. The Hall–Kier alpha value is -1.86. The summed E-state index contributed by atoms with van der Waals surface area (Å²) >= 11 is 9.71. The fraction of sp³-hybridized carbons (Fsp3) is 0.312. The summed E-state index contributed by atoms with van der Waals surface area (Å²) < 4.78 is 6.14. The van der Waals surface area contributed by atoms with Crippen molar-refractivity contribution in [3.63, 3.8) is 0 Å². The molecular formula is C16H16BrClN4O2. The Bertz CT molecular complexity index is 933. The molecule has 0 aliphatic rings. The number of hydrogen-bond acceptors (Lipinski definition) is 4. The molecule has 0 radical (unpaired) electrons. The fourth-order valence-electron chi connectivity index (χ4n) is 2.28. The van der Waals surface area contributed by atoms with Crippen molar-refractivity contribution in [1.29, 1.82) is 0 Å². The van der Waals surface area contributed by atoms with Crippen LogP contribution in [0, 0.1) is 0 Å². The average molecular weight is 412 g/mol. The number of hydrogen-bond donors (Lipinski definition) is 2. The number of nitrogens with zero attached hydrogens (tertiary/aromatic N) is 2. The first kappa shape index (κ1) is 17.0. The molecule has 1 aromatic carbocycles. The maximum absolute atomic E-state index is 11.8. The monoisotopic (exact) mass is 410 g/mol. The van der Waals surface area contributed by atoms with E-state index >= 15 is 0 Å². The largest absolute Gasteiger partial charge is 0.444 e. The molecule has 0 aliphatic heterocycles. The second-order valence-corrected chi connectivity index (χ2v) is 7.60. The SMILES string of the molecule is CC(C)(C)OC(=O)NCc1nc(Cl)c2[nH]c3ccc(Br)cc3c2n1. The van der Waals surface area contributed by atoms with E-state index in [4.69, 9.17) is 16.3 Å². The maximum Gasteiger partial charge on any atom is 0.408 e. The highest BCUT2D eigenvalue weighted by molar-refractivity contribution is 9.10. The van der Waals surface area contributed by atoms with E-state index in [0.717, 1.165) is 15.4 Å². The normalized spacial score (nSPS) is 11.9. The van der Waals surface area contributed by atoms with E-state index < -0.39 is 11.7 Å². The molecule has 2 N–H and O–H groups in total. The third-order valence-corrected chi connectivity index (χ3v) is 3.96. The van der Waals surface area contributed by atoms with Gasteiger partial charge in [0, 0.05) is 15.4 Å². The van der Waals surface area contributed by atoms with E-state index in [1.807, 2.05) is 18.2 Å². The standard InChI is InChI=1S/C16H16BrClN4O2/c1-16(2,3)24-15(23)19-7-11-21-12-9-6-8(17)4-5-10(9)20-13(12)14(18)22-11/h4-6,20H,7H2,1-3H3,(H,19,23). The Morgan fingerprint density at radius 3 is 2.83 bits per heavy atom. The smallest absolute Gasteiger partial charge is 0.408 e. The quantitative estimate of drug-likeness (QED) is 0.606. The van der Waals surface area contributed by atoms with Crippen LogP contribution < -0.4 is 5.32 Å². The number of carbonyl (C=O) groups is 1. The van der Waals surface area contributed by atoms with Gasteiger partial charge in [0.25, 0.3) is 0 Å². The lowest BCUT2D eigenvalue weighted by Crippen LogP contribution is -2.32. The molecule has 0 spiro atoms. The van der Waals surface area contributed by atoms with Crippen molar-refractivity contribution in [1.82, 2.24) is 20.3 Å². The lowest BCUT2D eigenvalue weighted by Gasteiger charge is -2.19. The van der Waals surface area contributed by atoms with Gasteiger partial charge in [-0.25, -0.2) is 14.8 Å². The lowest BCUT2D eigenvalue weighted by molar-refractivity contribution is 0.0522. The molecule has 0 unspecified atom stereocenters. The molecule has 0 saturated carbocycles. The van der Waals surface area contributed by atoms with Crippen LogP contribution in [0.3, 0.4) is 0 Å². The Morgan fingerprint density at radius 1 is 1.38 bits per heavy atom. The van der Waals surface area contributed by atoms with E-state index in [2.05, 4.69) is 36.2 Å². The average Bonchev–Trinajstić information content (AvgIpc) is 2.82. The first-order valence-electron chi connectivity index (χ1n) is 7.33. The number of benzene rings is 1. The number of aromatic amines is 1. The zero-order chi connectivity index (χ0) is 17.5. The number of halogens is 2. The molecule has 1 amide bonds. The van der Waals surface area contributed by atoms with Crippen LogP contribution in [-0.2, 0) is 11.3 Å². The number of rotatable bonds is 2. The number of fused-ring (bicyclic) bond motifs is 3. The van der Waals surface area contributed by atoms with Crippen LogP contribution in [0.5, 0.6) is 0 Å². The molecular weight excluding hydrogens is 396 g/mol. The fourth-order valence-corrected chi connectivity index (χ4v) is 2.88. The van der Waals surface area contributed by atoms with Gasteiger partial charge in [-0.2, -0.15) is 0 Å². The molecule has 2 heterocycles. The summed E-state index contributed by atoms with van der Waals surface area (Å²) in [7, 11) is 0. The van der Waals surface area contributed by atoms with Gasteiger partial charge in [-0.3, -0.25) is 0 Å². The zero-order valence-electron chi connectivity index (χ0n) is 13.4. The molecule has 126 valence electrons. The highest BCUT2D eigenvalue weighted by atomic mass is 79.9. The Kier molecular flexibility index (Phi) is 4.40. The summed E-state index contributed by atoms with van der Waals surface area (Å²) in [6, 6.07) is 5.84. The summed E-state index contributed by atoms with van der Waals surface area (Å²) in [4.78, 5) is 23.7. The summed E-state index contributed by atoms with van der Waals surface area (Å²) in [5.74, 6) is 0.416. The molecule has 6 nitrogen and oxygen atoms in total. The second-order valence-electron chi connectivity index (χ2n) is 6.32. The predicted octanol–water partition coefficient (Wildman–Crippen LogP) is 4.55. The Labute approximate surface area is 152 Å². The number of nitrogens with one attached hydrogen (secondary N) is 2. The summed E-state index contributed by atoms with van der Waals surface area (Å²) in [6.07, 6.45) is -0.524. The van der Waals surface area contributed by atoms with Gasteiger partial charge < -0.3 is 15.0 Å². The summed E-state index contributed by atoms with van der Waals surface area (Å²) in [5, 5.41) is 3.88. The topological polar surface area (TPSA) is 79.9 Å². The molecule has 3 rings (SSSR count). The molecule has 3 aromatic rings. The first-order valence-corrected chi connectivity index (χ1v) is 8.50. The van der Waals surface area contributed by atoms with Crippen molar-refractivity contribution in [2.75, 3.05) is 0 Å². The lowest BCUT2D eigenvalue weighted by atomic mass is 10.2. The first-order chi connectivity index (χ1) is 11.2. The molecule has 24 heavy (non-hydrogen) atoms. The van der Waals surface area contributed by atoms with Gasteiger partial charge in [-0.1, -0.05) is 27.5 Å². The number of aromatic nitrogens is 3. The van der Waals surface area contributed by atoms with Crippen LogP contribution in [-0.4, -0.2) is 26.6 Å². The van der Waals surface area contributed by atoms with E-state index in [-0.39, 0.29) is 6.54 Å². The number of carbonyl (C=O) groups excluding carboxylic acids is 1. The molecule has 0 saturated heterocycles. The van der Waals surface area contributed by atoms with Crippen molar-refractivity contribution in [2.24, 2.45) is 0 Å². The van der Waals surface area contributed by atoms with Gasteiger partial charge in [-0.05, 0) is 39.0 Å². The number of amides is 1. The van der Waals surface area contributed by atoms with Gasteiger partial charge in [-0.15, -0.1) is 0 Å². The van der Waals surface area contributed by atoms with E-state index in [9.17, 15) is 4.79 Å². The molecule has 2 aromatic heterocycles. The maximum atomic E-state index is 11.8. The molecule has 8 heteroatoms. The number of H-pyrrole nitrogens is 1. The predicted molar refractivity (Wildman–Crippen MR) is 97.2 cm³/mol. The van der Waals surface area contributed by atoms with E-state index in [0.29, 0.717) is 22.0 Å². The van der Waals surface area contributed by atoms with Gasteiger partial charge in [0.1, 0.15) is 22.5 Å². The van der Waals surface area contributed by atoms with E-state index in [1.54, 1.807) is 20.8 Å². The van der Waals surface area contributed by atoms with Crippen LogP contribution in [0.25, 0.3) is 21.9 Å². The highest BCUT2D eigenvalue weighted by Gasteiger charge is 2.17. The van der Waals surface area contributed by atoms with Crippen molar-refractivity contribution in [2.45, 2.75) is 32.9 Å². The molecule has 0 aliphatic carbocycles. The van der Waals surface area contributed by atoms with Crippen LogP contribution in [0.4, 0.5) is 4.79 Å². The van der Waals surface area contributed by atoms with Gasteiger partial charge in [0.2, 0.25) is 0 Å². The van der Waals surface area contributed by atoms with Gasteiger partial charge in [0.05, 0.1) is 6.54 Å². The zero-order valence-corrected chi connectivity index (χ0v) is 15.7. The number of ether oxygens (including phenoxy) is 1. The number of alkyl carbamates (subject to hydrolysis) is 1.